The summed E-state index contributed by atoms with van der Waals surface area (Å²) < 4.78 is 12.9. The van der Waals surface area contributed by atoms with Crippen LogP contribution in [0.4, 0.5) is 4.39 Å². The molecule has 0 nitrogen and oxygen atoms in total. The highest BCUT2D eigenvalue weighted by Crippen LogP contribution is 2.39. The molecule has 2 aliphatic carbocycles. The van der Waals surface area contributed by atoms with Gasteiger partial charge in [-0.2, -0.15) is 0 Å². The van der Waals surface area contributed by atoms with E-state index in [1.54, 1.807) is 6.08 Å². The summed E-state index contributed by atoms with van der Waals surface area (Å²) in [4.78, 5) is 0. The molecule has 0 radical (unpaired) electrons. The third-order valence-corrected chi connectivity index (χ3v) is 4.07. The van der Waals surface area contributed by atoms with Gasteiger partial charge in [-0.05, 0) is 56.8 Å². The smallest absolute Gasteiger partial charge is 0.0960 e. The molecule has 1 saturated carbocycles. The van der Waals surface area contributed by atoms with Crippen molar-refractivity contribution in [2.45, 2.75) is 44.9 Å². The summed E-state index contributed by atoms with van der Waals surface area (Å²) in [7, 11) is 0. The highest BCUT2D eigenvalue weighted by molar-refractivity contribution is 5.01. The summed E-state index contributed by atoms with van der Waals surface area (Å²) in [6.45, 7) is 0. The van der Waals surface area contributed by atoms with E-state index in [0.29, 0.717) is 12.3 Å². The zero-order chi connectivity index (χ0) is 10.7. The molecule has 2 aliphatic rings. The molecule has 0 aromatic heterocycles. The molecule has 0 spiro atoms. The molecular formula is C14H19F. The van der Waals surface area contributed by atoms with E-state index < -0.39 is 0 Å². The highest BCUT2D eigenvalue weighted by atomic mass is 19.1. The molecular weight excluding hydrogens is 187 g/mol. The van der Waals surface area contributed by atoms with Crippen LogP contribution in [-0.4, -0.2) is 0 Å². The topological polar surface area (TPSA) is 0 Å². The molecule has 0 saturated heterocycles. The lowest BCUT2D eigenvalue weighted by Crippen LogP contribution is -2.22. The number of rotatable bonds is 1. The predicted molar refractivity (Wildman–Crippen MR) is 60.8 cm³/mol. The molecule has 1 heteroatoms. The number of halogens is 1. The minimum Gasteiger partial charge on any atom is -0.212 e. The Hall–Kier alpha value is -0.770. The normalized spacial score (nSPS) is 36.8. The SMILES string of the molecule is C#C[C@H]1CC[C@H](C2CC=C(F)CC2)CC1. The van der Waals surface area contributed by atoms with E-state index in [0.717, 1.165) is 24.7 Å². The van der Waals surface area contributed by atoms with Crippen LogP contribution in [0.5, 0.6) is 0 Å². The first-order chi connectivity index (χ1) is 7.29. The lowest BCUT2D eigenvalue weighted by Gasteiger charge is -2.33. The van der Waals surface area contributed by atoms with E-state index in [4.69, 9.17) is 6.42 Å². The van der Waals surface area contributed by atoms with Crippen molar-refractivity contribution in [1.82, 2.24) is 0 Å². The zero-order valence-corrected chi connectivity index (χ0v) is 9.21. The van der Waals surface area contributed by atoms with Crippen LogP contribution >= 0.6 is 0 Å². The van der Waals surface area contributed by atoms with Gasteiger partial charge in [-0.1, -0.05) is 6.08 Å². The van der Waals surface area contributed by atoms with Crippen LogP contribution in [0.1, 0.15) is 44.9 Å². The second kappa shape index (κ2) is 4.84. The number of terminal acetylenes is 1. The maximum absolute atomic E-state index is 12.9. The number of allylic oxidation sites excluding steroid dienone is 2. The fourth-order valence-electron chi connectivity index (χ4n) is 3.01. The molecule has 0 heterocycles. The first-order valence-electron chi connectivity index (χ1n) is 6.10. The van der Waals surface area contributed by atoms with Crippen molar-refractivity contribution in [2.24, 2.45) is 17.8 Å². The molecule has 0 aromatic carbocycles. The predicted octanol–water partition coefficient (Wildman–Crippen LogP) is 4.08. The van der Waals surface area contributed by atoms with Gasteiger partial charge in [0.15, 0.2) is 0 Å². The van der Waals surface area contributed by atoms with Crippen LogP contribution in [0.3, 0.4) is 0 Å². The van der Waals surface area contributed by atoms with E-state index >= 15 is 0 Å². The summed E-state index contributed by atoms with van der Waals surface area (Å²) in [6.07, 6.45) is 14.8. The van der Waals surface area contributed by atoms with Crippen molar-refractivity contribution in [3.05, 3.63) is 11.9 Å². The van der Waals surface area contributed by atoms with Crippen molar-refractivity contribution in [1.29, 1.82) is 0 Å². The van der Waals surface area contributed by atoms with Crippen molar-refractivity contribution in [3.63, 3.8) is 0 Å². The molecule has 0 bridgehead atoms. The van der Waals surface area contributed by atoms with Crippen LogP contribution < -0.4 is 0 Å². The monoisotopic (exact) mass is 206 g/mol. The van der Waals surface area contributed by atoms with Crippen LogP contribution in [0.15, 0.2) is 11.9 Å². The average molecular weight is 206 g/mol. The zero-order valence-electron chi connectivity index (χ0n) is 9.21. The van der Waals surface area contributed by atoms with E-state index in [2.05, 4.69) is 5.92 Å². The van der Waals surface area contributed by atoms with Gasteiger partial charge in [-0.15, -0.1) is 12.3 Å². The quantitative estimate of drug-likeness (QED) is 0.567. The Kier molecular flexibility index (Phi) is 3.46. The van der Waals surface area contributed by atoms with Gasteiger partial charge in [0.05, 0.1) is 5.83 Å². The molecule has 1 unspecified atom stereocenters. The molecule has 0 aliphatic heterocycles. The Morgan fingerprint density at radius 2 is 1.87 bits per heavy atom. The minimum absolute atomic E-state index is 0.101. The Morgan fingerprint density at radius 1 is 1.13 bits per heavy atom. The van der Waals surface area contributed by atoms with Gasteiger partial charge in [0.2, 0.25) is 0 Å². The maximum Gasteiger partial charge on any atom is 0.0960 e. The third-order valence-electron chi connectivity index (χ3n) is 4.07. The van der Waals surface area contributed by atoms with Gasteiger partial charge < -0.3 is 0 Å². The molecule has 2 rings (SSSR count). The number of hydrogen-bond donors (Lipinski definition) is 0. The highest BCUT2D eigenvalue weighted by Gasteiger charge is 2.27. The second-order valence-corrected chi connectivity index (χ2v) is 4.96. The van der Waals surface area contributed by atoms with E-state index in [1.165, 1.54) is 25.7 Å². The van der Waals surface area contributed by atoms with Crippen LogP contribution in [0.2, 0.25) is 0 Å². The van der Waals surface area contributed by atoms with Crippen molar-refractivity contribution in [2.75, 3.05) is 0 Å². The molecule has 1 fully saturated rings. The third kappa shape index (κ3) is 2.62. The second-order valence-electron chi connectivity index (χ2n) is 4.96. The van der Waals surface area contributed by atoms with E-state index in [1.807, 2.05) is 0 Å². The fraction of sp³-hybridized carbons (Fsp3) is 0.714. The average Bonchev–Trinajstić information content (AvgIpc) is 2.30. The summed E-state index contributed by atoms with van der Waals surface area (Å²) in [5, 5.41) is 0. The maximum atomic E-state index is 12.9. The summed E-state index contributed by atoms with van der Waals surface area (Å²) in [5.74, 6) is 5.00. The van der Waals surface area contributed by atoms with Crippen molar-refractivity contribution in [3.8, 4) is 12.3 Å². The van der Waals surface area contributed by atoms with Gasteiger partial charge in [-0.25, -0.2) is 4.39 Å². The molecule has 0 aromatic rings. The van der Waals surface area contributed by atoms with Gasteiger partial charge >= 0.3 is 0 Å². The minimum atomic E-state index is 0.101. The molecule has 0 amide bonds. The van der Waals surface area contributed by atoms with Gasteiger partial charge in [0, 0.05) is 5.92 Å². The first kappa shape index (κ1) is 10.7. The Labute approximate surface area is 91.9 Å². The Bertz CT molecular complexity index is 276. The van der Waals surface area contributed by atoms with Crippen LogP contribution in [0.25, 0.3) is 0 Å². The van der Waals surface area contributed by atoms with Crippen molar-refractivity contribution < 1.29 is 4.39 Å². The largest absolute Gasteiger partial charge is 0.212 e. The van der Waals surface area contributed by atoms with E-state index in [9.17, 15) is 4.39 Å². The fourth-order valence-corrected chi connectivity index (χ4v) is 3.01. The van der Waals surface area contributed by atoms with E-state index in [-0.39, 0.29) is 5.83 Å². The van der Waals surface area contributed by atoms with Gasteiger partial charge in [-0.3, -0.25) is 0 Å². The number of hydrogen-bond acceptors (Lipinski definition) is 0. The Balaban J connectivity index is 1.84. The lowest BCUT2D eigenvalue weighted by atomic mass is 9.72. The molecule has 82 valence electrons. The molecule has 1 atom stereocenters. The Morgan fingerprint density at radius 3 is 2.40 bits per heavy atom. The van der Waals surface area contributed by atoms with Gasteiger partial charge in [0.25, 0.3) is 0 Å². The summed E-state index contributed by atoms with van der Waals surface area (Å²) in [6, 6.07) is 0. The summed E-state index contributed by atoms with van der Waals surface area (Å²) >= 11 is 0. The van der Waals surface area contributed by atoms with Crippen molar-refractivity contribution >= 4 is 0 Å². The lowest BCUT2D eigenvalue weighted by molar-refractivity contribution is 0.208. The van der Waals surface area contributed by atoms with Gasteiger partial charge in [0.1, 0.15) is 0 Å². The van der Waals surface area contributed by atoms with Crippen LogP contribution in [-0.2, 0) is 0 Å². The molecule has 15 heavy (non-hydrogen) atoms. The first-order valence-corrected chi connectivity index (χ1v) is 6.10. The standard InChI is InChI=1S/C14H19F/c1-2-11-3-5-12(6-4-11)13-7-9-14(15)10-8-13/h1,9,11-13H,3-8,10H2/t11-,12-,13?. The van der Waals surface area contributed by atoms with Crippen LogP contribution in [0, 0.1) is 30.1 Å². The molecule has 0 N–H and O–H groups in total. The summed E-state index contributed by atoms with van der Waals surface area (Å²) in [5.41, 5.74) is 0.